The number of nitrogens with one attached hydrogen (secondary N) is 2. The fourth-order valence-corrected chi connectivity index (χ4v) is 4.02. The van der Waals surface area contributed by atoms with E-state index >= 15 is 0 Å². The van der Waals surface area contributed by atoms with Crippen LogP contribution in [0.2, 0.25) is 5.02 Å². The third kappa shape index (κ3) is 5.41. The third-order valence-electron chi connectivity index (χ3n) is 5.49. The Labute approximate surface area is 208 Å². The first-order valence-corrected chi connectivity index (χ1v) is 11.5. The molecule has 3 aromatic rings. The van der Waals surface area contributed by atoms with Gasteiger partial charge in [0.25, 0.3) is 0 Å². The van der Waals surface area contributed by atoms with Crippen molar-refractivity contribution in [1.82, 2.24) is 10.6 Å². The van der Waals surface area contributed by atoms with Crippen LogP contribution in [0.1, 0.15) is 29.7 Å². The summed E-state index contributed by atoms with van der Waals surface area (Å²) in [5.74, 6) is 0.426. The van der Waals surface area contributed by atoms with Crippen LogP contribution in [0.4, 0.5) is 4.79 Å². The highest BCUT2D eigenvalue weighted by Gasteiger charge is 2.34. The van der Waals surface area contributed by atoms with Crippen LogP contribution in [0.25, 0.3) is 5.70 Å². The smallest absolute Gasteiger partial charge is 0.338 e. The van der Waals surface area contributed by atoms with Crippen molar-refractivity contribution in [2.24, 2.45) is 0 Å². The molecule has 0 saturated carbocycles. The lowest BCUT2D eigenvalue weighted by Gasteiger charge is -2.30. The Hall–Kier alpha value is -3.97. The van der Waals surface area contributed by atoms with Gasteiger partial charge in [-0.3, -0.25) is 0 Å². The number of rotatable bonds is 8. The number of benzene rings is 3. The summed E-state index contributed by atoms with van der Waals surface area (Å²) in [6.45, 7) is 2.19. The first-order valence-electron chi connectivity index (χ1n) is 11.1. The molecule has 8 heteroatoms. The Morgan fingerprint density at radius 2 is 1.74 bits per heavy atom. The average Bonchev–Trinajstić information content (AvgIpc) is 2.88. The molecule has 2 amide bonds. The number of esters is 1. The van der Waals surface area contributed by atoms with Crippen molar-refractivity contribution < 1.29 is 23.8 Å². The summed E-state index contributed by atoms with van der Waals surface area (Å²) >= 11 is 6.23. The largest absolute Gasteiger partial charge is 0.493 e. The van der Waals surface area contributed by atoms with E-state index in [2.05, 4.69) is 10.6 Å². The van der Waals surface area contributed by atoms with Gasteiger partial charge in [-0.1, -0.05) is 66.2 Å². The maximum atomic E-state index is 13.0. The molecule has 7 nitrogen and oxygen atoms in total. The van der Waals surface area contributed by atoms with Crippen LogP contribution in [-0.2, 0) is 16.1 Å². The number of hydrogen-bond acceptors (Lipinski definition) is 5. The molecule has 0 spiro atoms. The molecule has 2 N–H and O–H groups in total. The van der Waals surface area contributed by atoms with E-state index in [9.17, 15) is 9.59 Å². The van der Waals surface area contributed by atoms with Gasteiger partial charge in [-0.2, -0.15) is 0 Å². The molecule has 4 rings (SSSR count). The van der Waals surface area contributed by atoms with E-state index in [0.717, 1.165) is 5.56 Å². The van der Waals surface area contributed by atoms with Gasteiger partial charge in [0, 0.05) is 10.6 Å². The standard InChI is InChI=1S/C27H25ClN2O5/c1-3-34-26(31)23-24(17-9-5-4-6-10-17)29-27(32)30-25(23)18-13-14-21(22(15-18)33-2)35-16-19-11-7-8-12-20(19)28/h4-15,25H,3,16H2,1-2H3,(H2,29,30,32)/t25-/m0/s1. The molecule has 1 aliphatic heterocycles. The number of methoxy groups -OCH3 is 1. The lowest BCUT2D eigenvalue weighted by atomic mass is 9.92. The van der Waals surface area contributed by atoms with Gasteiger partial charge in [-0.25, -0.2) is 9.59 Å². The molecule has 180 valence electrons. The maximum Gasteiger partial charge on any atom is 0.338 e. The van der Waals surface area contributed by atoms with E-state index in [4.69, 9.17) is 25.8 Å². The molecule has 1 heterocycles. The van der Waals surface area contributed by atoms with Gasteiger partial charge in [0.1, 0.15) is 6.61 Å². The van der Waals surface area contributed by atoms with Crippen molar-refractivity contribution in [2.45, 2.75) is 19.6 Å². The molecule has 0 radical (unpaired) electrons. The Kier molecular flexibility index (Phi) is 7.57. The Morgan fingerprint density at radius 1 is 1.00 bits per heavy atom. The second kappa shape index (κ2) is 11.0. The van der Waals surface area contributed by atoms with E-state index in [1.165, 1.54) is 7.11 Å². The summed E-state index contributed by atoms with van der Waals surface area (Å²) in [7, 11) is 1.53. The predicted molar refractivity (Wildman–Crippen MR) is 133 cm³/mol. The van der Waals surface area contributed by atoms with E-state index in [1.54, 1.807) is 31.2 Å². The van der Waals surface area contributed by atoms with Crippen molar-refractivity contribution in [3.05, 3.63) is 100 Å². The zero-order chi connectivity index (χ0) is 24.8. The van der Waals surface area contributed by atoms with Crippen molar-refractivity contribution in [1.29, 1.82) is 0 Å². The fraction of sp³-hybridized carbons (Fsp3) is 0.185. The summed E-state index contributed by atoms with van der Waals surface area (Å²) in [6, 6.07) is 20.7. The number of amides is 2. The summed E-state index contributed by atoms with van der Waals surface area (Å²) in [6.07, 6.45) is 0. The number of urea groups is 1. The van der Waals surface area contributed by atoms with Gasteiger partial charge in [0.2, 0.25) is 0 Å². The van der Waals surface area contributed by atoms with Gasteiger partial charge < -0.3 is 24.8 Å². The monoisotopic (exact) mass is 492 g/mol. The molecule has 3 aromatic carbocycles. The van der Waals surface area contributed by atoms with E-state index in [-0.39, 0.29) is 13.2 Å². The summed E-state index contributed by atoms with van der Waals surface area (Å²) in [5, 5.41) is 6.21. The van der Waals surface area contributed by atoms with Crippen LogP contribution in [0.5, 0.6) is 11.5 Å². The van der Waals surface area contributed by atoms with Crippen molar-refractivity contribution in [3.8, 4) is 11.5 Å². The van der Waals surface area contributed by atoms with Gasteiger partial charge in [-0.05, 0) is 36.2 Å². The lowest BCUT2D eigenvalue weighted by Crippen LogP contribution is -2.45. The second-order valence-electron chi connectivity index (χ2n) is 7.70. The van der Waals surface area contributed by atoms with Gasteiger partial charge in [0.15, 0.2) is 11.5 Å². The molecular weight excluding hydrogens is 468 g/mol. The van der Waals surface area contributed by atoms with Gasteiger partial charge in [-0.15, -0.1) is 0 Å². The zero-order valence-corrected chi connectivity index (χ0v) is 20.1. The zero-order valence-electron chi connectivity index (χ0n) is 19.3. The van der Waals surface area contributed by atoms with Crippen LogP contribution in [0, 0.1) is 0 Å². The third-order valence-corrected chi connectivity index (χ3v) is 5.86. The van der Waals surface area contributed by atoms with E-state index in [0.29, 0.717) is 38.9 Å². The quantitative estimate of drug-likeness (QED) is 0.419. The molecule has 1 aliphatic rings. The summed E-state index contributed by atoms with van der Waals surface area (Å²) < 4.78 is 16.8. The first kappa shape index (κ1) is 24.2. The molecule has 0 fully saturated rings. The highest BCUT2D eigenvalue weighted by Crippen LogP contribution is 2.37. The fourth-order valence-electron chi connectivity index (χ4n) is 3.83. The molecule has 0 saturated heterocycles. The number of carbonyl (C=O) groups is 2. The number of halogens is 1. The second-order valence-corrected chi connectivity index (χ2v) is 8.10. The average molecular weight is 493 g/mol. The van der Waals surface area contributed by atoms with E-state index in [1.807, 2.05) is 48.5 Å². The Bertz CT molecular complexity index is 1260. The molecule has 0 unspecified atom stereocenters. The Balaban J connectivity index is 1.71. The lowest BCUT2D eigenvalue weighted by molar-refractivity contribution is -0.138. The van der Waals surface area contributed by atoms with Crippen molar-refractivity contribution in [3.63, 3.8) is 0 Å². The van der Waals surface area contributed by atoms with Crippen LogP contribution < -0.4 is 20.1 Å². The minimum atomic E-state index is -0.760. The number of carbonyl (C=O) groups excluding carboxylic acids is 2. The highest BCUT2D eigenvalue weighted by molar-refractivity contribution is 6.31. The van der Waals surface area contributed by atoms with Crippen molar-refractivity contribution >= 4 is 29.3 Å². The minimum Gasteiger partial charge on any atom is -0.493 e. The minimum absolute atomic E-state index is 0.198. The van der Waals surface area contributed by atoms with Gasteiger partial charge in [0.05, 0.1) is 31.0 Å². The maximum absolute atomic E-state index is 13.0. The predicted octanol–water partition coefficient (Wildman–Crippen LogP) is 5.26. The SMILES string of the molecule is CCOC(=O)C1=C(c2ccccc2)NC(=O)N[C@H]1c1ccc(OCc2ccccc2Cl)c(OC)c1. The van der Waals surface area contributed by atoms with Crippen LogP contribution in [-0.4, -0.2) is 25.7 Å². The Morgan fingerprint density at radius 3 is 2.46 bits per heavy atom. The van der Waals surface area contributed by atoms with E-state index < -0.39 is 18.0 Å². The number of hydrogen-bond donors (Lipinski definition) is 2. The molecular formula is C27H25ClN2O5. The highest BCUT2D eigenvalue weighted by atomic mass is 35.5. The summed E-state index contributed by atoms with van der Waals surface area (Å²) in [4.78, 5) is 25.6. The van der Waals surface area contributed by atoms with Gasteiger partial charge >= 0.3 is 12.0 Å². The normalized spacial score (nSPS) is 15.2. The topological polar surface area (TPSA) is 85.9 Å². The molecule has 0 aliphatic carbocycles. The molecule has 1 atom stereocenters. The van der Waals surface area contributed by atoms with Crippen LogP contribution in [0.3, 0.4) is 0 Å². The summed E-state index contributed by atoms with van der Waals surface area (Å²) in [5.41, 5.74) is 2.87. The van der Waals surface area contributed by atoms with Crippen LogP contribution in [0.15, 0.2) is 78.4 Å². The van der Waals surface area contributed by atoms with Crippen LogP contribution >= 0.6 is 11.6 Å². The van der Waals surface area contributed by atoms with Crippen molar-refractivity contribution in [2.75, 3.05) is 13.7 Å². The molecule has 0 aromatic heterocycles. The number of ether oxygens (including phenoxy) is 3. The molecule has 35 heavy (non-hydrogen) atoms. The first-order chi connectivity index (χ1) is 17.0. The molecule has 0 bridgehead atoms.